The molecule has 4 rings (SSSR count). The molecule has 0 aliphatic carbocycles. The summed E-state index contributed by atoms with van der Waals surface area (Å²) in [6, 6.07) is 15.0. The van der Waals surface area contributed by atoms with E-state index in [1.54, 1.807) is 12.4 Å². The molecule has 2 aromatic carbocycles. The summed E-state index contributed by atoms with van der Waals surface area (Å²) in [6.07, 6.45) is 4.73. The van der Waals surface area contributed by atoms with Crippen molar-refractivity contribution in [3.8, 4) is 0 Å². The summed E-state index contributed by atoms with van der Waals surface area (Å²) in [5, 5.41) is 0. The molecule has 0 bridgehead atoms. The van der Waals surface area contributed by atoms with E-state index < -0.39 is 0 Å². The summed E-state index contributed by atoms with van der Waals surface area (Å²) in [5.41, 5.74) is 6.02. The van der Waals surface area contributed by atoms with Crippen LogP contribution in [0.4, 0.5) is 5.69 Å². The van der Waals surface area contributed by atoms with Gasteiger partial charge in [0.25, 0.3) is 0 Å². The van der Waals surface area contributed by atoms with Crippen molar-refractivity contribution < 1.29 is 0 Å². The van der Waals surface area contributed by atoms with E-state index in [4.69, 9.17) is 0 Å². The number of nitrogens with zero attached hydrogens (tertiary/aromatic N) is 4. The molecule has 25 heavy (non-hydrogen) atoms. The largest absolute Gasteiger partial charge is 0.370 e. The van der Waals surface area contributed by atoms with Crippen molar-refractivity contribution in [2.45, 2.75) is 19.9 Å². The second kappa shape index (κ2) is 7.19. The van der Waals surface area contributed by atoms with Crippen molar-refractivity contribution >= 4 is 16.7 Å². The van der Waals surface area contributed by atoms with Gasteiger partial charge in [0.2, 0.25) is 0 Å². The van der Waals surface area contributed by atoms with E-state index in [2.05, 4.69) is 63.1 Å². The first kappa shape index (κ1) is 16.0. The van der Waals surface area contributed by atoms with E-state index in [-0.39, 0.29) is 0 Å². The van der Waals surface area contributed by atoms with Crippen LogP contribution in [0.3, 0.4) is 0 Å². The van der Waals surface area contributed by atoms with Crippen molar-refractivity contribution in [1.82, 2.24) is 14.9 Å². The number of rotatable bonds is 3. The molecule has 3 aromatic rings. The Morgan fingerprint density at radius 3 is 2.68 bits per heavy atom. The minimum atomic E-state index is 0.942. The normalized spacial score (nSPS) is 16.1. The Bertz CT molecular complexity index is 856. The van der Waals surface area contributed by atoms with Crippen LogP contribution in [0.1, 0.15) is 17.5 Å². The fraction of sp³-hybridized carbons (Fsp3) is 0.333. The molecule has 1 saturated heterocycles. The third kappa shape index (κ3) is 3.49. The first-order valence-electron chi connectivity index (χ1n) is 9.03. The molecule has 0 N–H and O–H groups in total. The summed E-state index contributed by atoms with van der Waals surface area (Å²) in [5.74, 6) is 0. The fourth-order valence-corrected chi connectivity index (χ4v) is 3.71. The monoisotopic (exact) mass is 332 g/mol. The van der Waals surface area contributed by atoms with Gasteiger partial charge in [-0.25, -0.2) is 0 Å². The number of aromatic nitrogens is 2. The third-order valence-corrected chi connectivity index (χ3v) is 5.02. The Balaban J connectivity index is 1.49. The van der Waals surface area contributed by atoms with Crippen LogP contribution in [-0.4, -0.2) is 41.0 Å². The van der Waals surface area contributed by atoms with Crippen LogP contribution < -0.4 is 4.90 Å². The Labute approximate surface area is 149 Å². The van der Waals surface area contributed by atoms with Crippen LogP contribution in [0.15, 0.2) is 54.9 Å². The molecule has 4 heteroatoms. The summed E-state index contributed by atoms with van der Waals surface area (Å²) in [6.45, 7) is 7.53. The molecular weight excluding hydrogens is 308 g/mol. The van der Waals surface area contributed by atoms with Crippen molar-refractivity contribution in [3.05, 3.63) is 66.0 Å². The van der Waals surface area contributed by atoms with Gasteiger partial charge in [0.15, 0.2) is 0 Å². The van der Waals surface area contributed by atoms with Crippen molar-refractivity contribution in [1.29, 1.82) is 0 Å². The summed E-state index contributed by atoms with van der Waals surface area (Å²) in [7, 11) is 0. The molecule has 1 aromatic heterocycles. The predicted octanol–water partition coefficient (Wildman–Crippen LogP) is 3.65. The zero-order chi connectivity index (χ0) is 17.1. The molecule has 0 amide bonds. The Hall–Kier alpha value is -2.46. The van der Waals surface area contributed by atoms with Gasteiger partial charge in [-0.1, -0.05) is 30.3 Å². The predicted molar refractivity (Wildman–Crippen MR) is 103 cm³/mol. The van der Waals surface area contributed by atoms with Crippen molar-refractivity contribution in [3.63, 3.8) is 0 Å². The molecule has 0 radical (unpaired) electrons. The van der Waals surface area contributed by atoms with Gasteiger partial charge in [0.1, 0.15) is 0 Å². The maximum absolute atomic E-state index is 4.54. The number of hydrogen-bond donors (Lipinski definition) is 0. The highest BCUT2D eigenvalue weighted by atomic mass is 15.2. The van der Waals surface area contributed by atoms with E-state index in [0.29, 0.717) is 0 Å². The Kier molecular flexibility index (Phi) is 4.61. The van der Waals surface area contributed by atoms with E-state index in [1.165, 1.54) is 23.2 Å². The first-order chi connectivity index (χ1) is 12.3. The lowest BCUT2D eigenvalue weighted by Crippen LogP contribution is -2.30. The average molecular weight is 332 g/mol. The molecule has 1 aliphatic rings. The van der Waals surface area contributed by atoms with E-state index in [1.807, 2.05) is 6.07 Å². The zero-order valence-corrected chi connectivity index (χ0v) is 14.7. The lowest BCUT2D eigenvalue weighted by Gasteiger charge is -2.25. The minimum Gasteiger partial charge on any atom is -0.370 e. The van der Waals surface area contributed by atoms with Gasteiger partial charge in [0.05, 0.1) is 11.0 Å². The Morgan fingerprint density at radius 2 is 1.76 bits per heavy atom. The van der Waals surface area contributed by atoms with Gasteiger partial charge < -0.3 is 4.90 Å². The second-order valence-electron chi connectivity index (χ2n) is 6.74. The smallest absolute Gasteiger partial charge is 0.0931 e. The first-order valence-corrected chi connectivity index (χ1v) is 9.03. The van der Waals surface area contributed by atoms with Crippen LogP contribution in [0.25, 0.3) is 11.0 Å². The quantitative estimate of drug-likeness (QED) is 0.733. The van der Waals surface area contributed by atoms with Gasteiger partial charge in [-0.15, -0.1) is 0 Å². The molecule has 4 nitrogen and oxygen atoms in total. The highest BCUT2D eigenvalue weighted by molar-refractivity contribution is 5.77. The maximum atomic E-state index is 4.54. The standard InChI is InChI=1S/C21H24N4/c1-17-6-2-3-9-20(17)25-13-5-12-24(14-15-25)16-18-7-4-8-19-21(18)23-11-10-22-19/h2-4,6-11H,5,12-16H2,1H3. The number of anilines is 1. The van der Waals surface area contributed by atoms with E-state index in [0.717, 1.165) is 43.8 Å². The molecule has 2 heterocycles. The van der Waals surface area contributed by atoms with Crippen molar-refractivity contribution in [2.75, 3.05) is 31.1 Å². The lowest BCUT2D eigenvalue weighted by molar-refractivity contribution is 0.286. The topological polar surface area (TPSA) is 32.3 Å². The van der Waals surface area contributed by atoms with E-state index >= 15 is 0 Å². The molecule has 0 unspecified atom stereocenters. The van der Waals surface area contributed by atoms with Crippen LogP contribution in [0, 0.1) is 6.92 Å². The van der Waals surface area contributed by atoms with Crippen LogP contribution in [0.2, 0.25) is 0 Å². The number of benzene rings is 2. The molecule has 0 atom stereocenters. The number of aryl methyl sites for hydroxylation is 1. The van der Waals surface area contributed by atoms with Gasteiger partial charge >= 0.3 is 0 Å². The number of fused-ring (bicyclic) bond motifs is 1. The third-order valence-electron chi connectivity index (χ3n) is 5.02. The molecule has 0 spiro atoms. The van der Waals surface area contributed by atoms with Crippen LogP contribution in [-0.2, 0) is 6.54 Å². The highest BCUT2D eigenvalue weighted by Crippen LogP contribution is 2.22. The van der Waals surface area contributed by atoms with Crippen LogP contribution >= 0.6 is 0 Å². The average Bonchev–Trinajstić information content (AvgIpc) is 2.88. The lowest BCUT2D eigenvalue weighted by atomic mass is 10.1. The zero-order valence-electron chi connectivity index (χ0n) is 14.7. The fourth-order valence-electron chi connectivity index (χ4n) is 3.71. The van der Waals surface area contributed by atoms with Gasteiger partial charge in [-0.05, 0) is 36.6 Å². The highest BCUT2D eigenvalue weighted by Gasteiger charge is 2.17. The summed E-state index contributed by atoms with van der Waals surface area (Å²) >= 11 is 0. The molecular formula is C21H24N4. The second-order valence-corrected chi connectivity index (χ2v) is 6.74. The molecule has 128 valence electrons. The number of hydrogen-bond acceptors (Lipinski definition) is 4. The maximum Gasteiger partial charge on any atom is 0.0931 e. The van der Waals surface area contributed by atoms with Crippen LogP contribution in [0.5, 0.6) is 0 Å². The van der Waals surface area contributed by atoms with Gasteiger partial charge in [-0.2, -0.15) is 0 Å². The summed E-state index contributed by atoms with van der Waals surface area (Å²) < 4.78 is 0. The molecule has 0 saturated carbocycles. The molecule has 1 aliphatic heterocycles. The van der Waals surface area contributed by atoms with Gasteiger partial charge in [0, 0.05) is 50.8 Å². The van der Waals surface area contributed by atoms with Crippen molar-refractivity contribution in [2.24, 2.45) is 0 Å². The SMILES string of the molecule is Cc1ccccc1N1CCCN(Cc2cccc3nccnc23)CC1. The van der Waals surface area contributed by atoms with Gasteiger partial charge in [-0.3, -0.25) is 14.9 Å². The summed E-state index contributed by atoms with van der Waals surface area (Å²) in [4.78, 5) is 14.0. The number of para-hydroxylation sites is 2. The Morgan fingerprint density at radius 1 is 0.880 bits per heavy atom. The minimum absolute atomic E-state index is 0.942. The van der Waals surface area contributed by atoms with E-state index in [9.17, 15) is 0 Å². The molecule has 1 fully saturated rings.